The third-order valence-corrected chi connectivity index (χ3v) is 2.29. The van der Waals surface area contributed by atoms with Crippen molar-refractivity contribution in [2.24, 2.45) is 0 Å². The van der Waals surface area contributed by atoms with E-state index in [2.05, 4.69) is 5.32 Å². The Balaban J connectivity index is 4.41. The molecule has 0 saturated heterocycles. The quantitative estimate of drug-likeness (QED) is 0.379. The first-order chi connectivity index (χ1) is 9.56. The highest BCUT2D eigenvalue weighted by molar-refractivity contribution is 6.02. The van der Waals surface area contributed by atoms with Crippen LogP contribution in [0.5, 0.6) is 0 Å². The first-order valence-electron chi connectivity index (χ1n) is 6.56. The highest BCUT2D eigenvalue weighted by Crippen LogP contribution is 2.01. The van der Waals surface area contributed by atoms with E-state index in [0.717, 1.165) is 0 Å². The van der Waals surface area contributed by atoms with E-state index in [0.29, 0.717) is 19.3 Å². The van der Waals surface area contributed by atoms with Crippen molar-refractivity contribution in [2.75, 3.05) is 13.2 Å². The van der Waals surface area contributed by atoms with Crippen LogP contribution in [0.1, 0.15) is 39.5 Å². The van der Waals surface area contributed by atoms with Crippen molar-refractivity contribution in [2.45, 2.75) is 45.6 Å². The van der Waals surface area contributed by atoms with Gasteiger partial charge < -0.3 is 14.8 Å². The van der Waals surface area contributed by atoms with E-state index in [-0.39, 0.29) is 19.6 Å². The molecule has 7 nitrogen and oxygen atoms in total. The van der Waals surface area contributed by atoms with Crippen LogP contribution in [0.15, 0.2) is 0 Å². The van der Waals surface area contributed by atoms with Crippen LogP contribution in [0.2, 0.25) is 0 Å². The third-order valence-electron chi connectivity index (χ3n) is 2.29. The normalized spacial score (nSPS) is 9.70. The van der Waals surface area contributed by atoms with Gasteiger partial charge in [0.1, 0.15) is 0 Å². The minimum Gasteiger partial charge on any atom is -0.464 e. The molecule has 0 atom stereocenters. The summed E-state index contributed by atoms with van der Waals surface area (Å²) in [5, 5.41) is 10.7. The third kappa shape index (κ3) is 7.36. The number of carbonyl (C=O) groups is 3. The highest BCUT2D eigenvalue weighted by atomic mass is 16.6. The topological polar surface area (TPSA) is 105 Å². The fourth-order valence-electron chi connectivity index (χ4n) is 1.39. The molecule has 0 spiro atoms. The Morgan fingerprint density at radius 1 is 1.10 bits per heavy atom. The summed E-state index contributed by atoms with van der Waals surface area (Å²) in [4.78, 5) is 34.8. The lowest BCUT2D eigenvalue weighted by molar-refractivity contribution is -0.159. The molecule has 0 radical (unpaired) electrons. The molecule has 20 heavy (non-hydrogen) atoms. The van der Waals surface area contributed by atoms with Crippen LogP contribution in [0, 0.1) is 11.3 Å². The average Bonchev–Trinajstić information content (AvgIpc) is 2.41. The van der Waals surface area contributed by atoms with Gasteiger partial charge in [0.25, 0.3) is 0 Å². The van der Waals surface area contributed by atoms with Crippen LogP contribution >= 0.6 is 0 Å². The van der Waals surface area contributed by atoms with Crippen molar-refractivity contribution < 1.29 is 23.9 Å². The van der Waals surface area contributed by atoms with E-state index in [9.17, 15) is 14.4 Å². The first kappa shape index (κ1) is 17.9. The Morgan fingerprint density at radius 3 is 2.10 bits per heavy atom. The standard InChI is InChI=1S/C13H20N2O5/c1-3-19-12(17)11(13(18)20-4-2)15-10(16)8-6-5-7-9-14/h11H,3-8H2,1-2H3,(H,15,16). The minimum atomic E-state index is -1.43. The van der Waals surface area contributed by atoms with Gasteiger partial charge in [0.15, 0.2) is 0 Å². The molecule has 7 heteroatoms. The van der Waals surface area contributed by atoms with Crippen molar-refractivity contribution in [1.29, 1.82) is 5.26 Å². The lowest BCUT2D eigenvalue weighted by atomic mass is 10.2. The lowest BCUT2D eigenvalue weighted by Crippen LogP contribution is -2.48. The van der Waals surface area contributed by atoms with E-state index in [1.807, 2.05) is 6.07 Å². The Bertz CT molecular complexity index is 357. The Labute approximate surface area is 118 Å². The molecule has 1 N–H and O–H groups in total. The second-order valence-corrected chi connectivity index (χ2v) is 3.87. The van der Waals surface area contributed by atoms with Crippen molar-refractivity contribution in [1.82, 2.24) is 5.32 Å². The van der Waals surface area contributed by atoms with Crippen molar-refractivity contribution >= 4 is 17.8 Å². The molecule has 112 valence electrons. The molecular formula is C13H20N2O5. The molecular weight excluding hydrogens is 264 g/mol. The fourth-order valence-corrected chi connectivity index (χ4v) is 1.39. The molecule has 0 heterocycles. The van der Waals surface area contributed by atoms with E-state index < -0.39 is 23.9 Å². The van der Waals surface area contributed by atoms with Gasteiger partial charge in [-0.3, -0.25) is 4.79 Å². The number of unbranched alkanes of at least 4 members (excludes halogenated alkanes) is 2. The molecule has 0 aromatic carbocycles. The summed E-state index contributed by atoms with van der Waals surface area (Å²) in [6.07, 6.45) is 1.61. The van der Waals surface area contributed by atoms with E-state index in [4.69, 9.17) is 14.7 Å². The Hall–Kier alpha value is -2.10. The van der Waals surface area contributed by atoms with E-state index in [1.165, 1.54) is 0 Å². The maximum Gasteiger partial charge on any atom is 0.340 e. The number of ether oxygens (including phenoxy) is 2. The van der Waals surface area contributed by atoms with Crippen molar-refractivity contribution in [3.8, 4) is 6.07 Å². The molecule has 0 aromatic heterocycles. The summed E-state index contributed by atoms with van der Waals surface area (Å²) in [6, 6.07) is 0.540. The number of nitrogens with zero attached hydrogens (tertiary/aromatic N) is 1. The molecule has 0 aliphatic carbocycles. The largest absolute Gasteiger partial charge is 0.464 e. The predicted molar refractivity (Wildman–Crippen MR) is 69.3 cm³/mol. The van der Waals surface area contributed by atoms with Gasteiger partial charge in [0.05, 0.1) is 19.3 Å². The fraction of sp³-hybridized carbons (Fsp3) is 0.692. The van der Waals surface area contributed by atoms with Crippen LogP contribution < -0.4 is 5.32 Å². The molecule has 0 aliphatic heterocycles. The maximum absolute atomic E-state index is 11.6. The number of carbonyl (C=O) groups excluding carboxylic acids is 3. The van der Waals surface area contributed by atoms with Gasteiger partial charge in [-0.05, 0) is 26.7 Å². The van der Waals surface area contributed by atoms with Gasteiger partial charge in [-0.25, -0.2) is 9.59 Å². The number of amides is 1. The van der Waals surface area contributed by atoms with Gasteiger partial charge in [0, 0.05) is 12.8 Å². The zero-order valence-electron chi connectivity index (χ0n) is 11.8. The minimum absolute atomic E-state index is 0.104. The monoisotopic (exact) mass is 284 g/mol. The summed E-state index contributed by atoms with van der Waals surface area (Å²) in [7, 11) is 0. The number of esters is 2. The molecule has 0 rings (SSSR count). The van der Waals surface area contributed by atoms with Crippen LogP contribution in [-0.4, -0.2) is 37.1 Å². The zero-order valence-corrected chi connectivity index (χ0v) is 11.8. The average molecular weight is 284 g/mol. The van der Waals surface area contributed by atoms with Crippen LogP contribution in [-0.2, 0) is 23.9 Å². The van der Waals surface area contributed by atoms with Crippen molar-refractivity contribution in [3.05, 3.63) is 0 Å². The molecule has 0 aromatic rings. The summed E-state index contributed by atoms with van der Waals surface area (Å²) in [5.41, 5.74) is 0. The van der Waals surface area contributed by atoms with Gasteiger partial charge in [0.2, 0.25) is 11.9 Å². The first-order valence-corrected chi connectivity index (χ1v) is 6.56. The van der Waals surface area contributed by atoms with Crippen LogP contribution in [0.4, 0.5) is 0 Å². The molecule has 0 fully saturated rings. The predicted octanol–water partition coefficient (Wildman–Crippen LogP) is 0.681. The van der Waals surface area contributed by atoms with Gasteiger partial charge in [-0.1, -0.05) is 0 Å². The number of nitriles is 1. The second kappa shape index (κ2) is 10.8. The number of hydrogen-bond donors (Lipinski definition) is 1. The van der Waals surface area contributed by atoms with E-state index >= 15 is 0 Å². The molecule has 0 bridgehead atoms. The maximum atomic E-state index is 11.6. The smallest absolute Gasteiger partial charge is 0.340 e. The molecule has 1 amide bonds. The second-order valence-electron chi connectivity index (χ2n) is 3.87. The number of rotatable bonds is 9. The molecule has 0 unspecified atom stereocenters. The summed E-state index contributed by atoms with van der Waals surface area (Å²) in [5.74, 6) is -2.12. The van der Waals surface area contributed by atoms with Crippen molar-refractivity contribution in [3.63, 3.8) is 0 Å². The summed E-state index contributed by atoms with van der Waals surface area (Å²) >= 11 is 0. The van der Waals surface area contributed by atoms with Gasteiger partial charge in [-0.2, -0.15) is 5.26 Å². The Kier molecular flexibility index (Phi) is 9.66. The number of hydrogen-bond acceptors (Lipinski definition) is 6. The molecule has 0 saturated carbocycles. The molecule has 0 aliphatic rings. The summed E-state index contributed by atoms with van der Waals surface area (Å²) in [6.45, 7) is 3.41. The highest BCUT2D eigenvalue weighted by Gasteiger charge is 2.30. The van der Waals surface area contributed by atoms with Crippen LogP contribution in [0.3, 0.4) is 0 Å². The SMILES string of the molecule is CCOC(=O)C(NC(=O)CCCCC#N)C(=O)OCC. The van der Waals surface area contributed by atoms with Gasteiger partial charge in [-0.15, -0.1) is 0 Å². The van der Waals surface area contributed by atoms with Crippen LogP contribution in [0.25, 0.3) is 0 Å². The van der Waals surface area contributed by atoms with E-state index in [1.54, 1.807) is 13.8 Å². The summed E-state index contributed by atoms with van der Waals surface area (Å²) < 4.78 is 9.44. The zero-order chi connectivity index (χ0) is 15.4. The Morgan fingerprint density at radius 2 is 1.65 bits per heavy atom. The number of nitrogens with one attached hydrogen (secondary N) is 1. The lowest BCUT2D eigenvalue weighted by Gasteiger charge is -2.15. The van der Waals surface area contributed by atoms with Gasteiger partial charge >= 0.3 is 11.9 Å².